The molecule has 0 bridgehead atoms. The van der Waals surface area contributed by atoms with Crippen LogP contribution in [0.5, 0.6) is 0 Å². The minimum absolute atomic E-state index is 0.0990. The Bertz CT molecular complexity index is 950. The Kier molecular flexibility index (Phi) is 6.70. The first-order valence-corrected chi connectivity index (χ1v) is 11.6. The van der Waals surface area contributed by atoms with E-state index < -0.39 is 10.0 Å². The van der Waals surface area contributed by atoms with E-state index in [1.165, 1.54) is 4.31 Å². The van der Waals surface area contributed by atoms with Crippen LogP contribution in [0.1, 0.15) is 50.2 Å². The van der Waals surface area contributed by atoms with Crippen LogP contribution in [0, 0.1) is 12.8 Å². The lowest BCUT2D eigenvalue weighted by molar-refractivity contribution is -0.120. The van der Waals surface area contributed by atoms with Crippen LogP contribution in [0.15, 0.2) is 47.5 Å². The molecular formula is C22H29N3O3S. The lowest BCUT2D eigenvalue weighted by atomic mass is 9.97. The summed E-state index contributed by atoms with van der Waals surface area (Å²) in [4.78, 5) is 17.0. The molecule has 2 aromatic rings. The average molecular weight is 416 g/mol. The van der Waals surface area contributed by atoms with Crippen molar-refractivity contribution >= 4 is 21.7 Å². The summed E-state index contributed by atoms with van der Waals surface area (Å²) in [7, 11) is -3.54. The number of nitrogens with one attached hydrogen (secondary N) is 1. The van der Waals surface area contributed by atoms with E-state index in [0.717, 1.165) is 17.5 Å². The molecule has 0 radical (unpaired) electrons. The Hall–Kier alpha value is -2.25. The molecule has 0 saturated carbocycles. The first kappa shape index (κ1) is 21.5. The molecule has 1 aliphatic rings. The second kappa shape index (κ2) is 9.05. The van der Waals surface area contributed by atoms with Gasteiger partial charge in [-0.05, 0) is 67.5 Å². The molecule has 156 valence electrons. The van der Waals surface area contributed by atoms with Crippen LogP contribution >= 0.6 is 0 Å². The van der Waals surface area contributed by atoms with Crippen molar-refractivity contribution in [1.29, 1.82) is 0 Å². The van der Waals surface area contributed by atoms with Crippen LogP contribution in [0.3, 0.4) is 0 Å². The summed E-state index contributed by atoms with van der Waals surface area (Å²) in [6.07, 6.45) is 3.68. The van der Waals surface area contributed by atoms with Crippen molar-refractivity contribution in [3.05, 3.63) is 53.7 Å². The third kappa shape index (κ3) is 5.03. The minimum Gasteiger partial charge on any atom is -0.310 e. The highest BCUT2D eigenvalue weighted by Gasteiger charge is 2.32. The summed E-state index contributed by atoms with van der Waals surface area (Å²) in [5, 5.41) is 2.84. The summed E-state index contributed by atoms with van der Waals surface area (Å²) in [5.74, 6) is 0.630. The van der Waals surface area contributed by atoms with Gasteiger partial charge in [0.1, 0.15) is 5.82 Å². The zero-order valence-electron chi connectivity index (χ0n) is 17.3. The van der Waals surface area contributed by atoms with E-state index >= 15 is 0 Å². The monoisotopic (exact) mass is 415 g/mol. The number of aromatic nitrogens is 1. The van der Waals surface area contributed by atoms with Gasteiger partial charge in [0.2, 0.25) is 15.9 Å². The van der Waals surface area contributed by atoms with Gasteiger partial charge in [0, 0.05) is 25.2 Å². The molecule has 2 heterocycles. The molecule has 29 heavy (non-hydrogen) atoms. The molecule has 1 aromatic heterocycles. The molecule has 0 spiro atoms. The van der Waals surface area contributed by atoms with Crippen LogP contribution in [0.25, 0.3) is 0 Å². The number of carbonyl (C=O) groups is 1. The SMILES string of the molecule is CCC(C)c1ccc(S(=O)(=O)N2CCC(C(=O)Nc3cc(C)ccn3)CC2)cc1. The number of rotatable bonds is 6. The van der Waals surface area contributed by atoms with Gasteiger partial charge in [0.25, 0.3) is 0 Å². The molecule has 3 rings (SSSR count). The number of pyridine rings is 1. The highest BCUT2D eigenvalue weighted by Crippen LogP contribution is 2.26. The highest BCUT2D eigenvalue weighted by atomic mass is 32.2. The first-order valence-electron chi connectivity index (χ1n) is 10.1. The maximum absolute atomic E-state index is 13.0. The lowest BCUT2D eigenvalue weighted by Crippen LogP contribution is -2.41. The molecule has 0 aliphatic carbocycles. The van der Waals surface area contributed by atoms with Crippen molar-refractivity contribution in [3.8, 4) is 0 Å². The zero-order valence-corrected chi connectivity index (χ0v) is 18.1. The van der Waals surface area contributed by atoms with Gasteiger partial charge in [-0.3, -0.25) is 4.79 Å². The van der Waals surface area contributed by atoms with Crippen LogP contribution in [0.4, 0.5) is 5.82 Å². The number of sulfonamides is 1. The van der Waals surface area contributed by atoms with Gasteiger partial charge < -0.3 is 5.32 Å². The van der Waals surface area contributed by atoms with E-state index in [1.807, 2.05) is 31.2 Å². The summed E-state index contributed by atoms with van der Waals surface area (Å²) in [5.41, 5.74) is 2.17. The molecule has 1 fully saturated rings. The molecule has 1 aliphatic heterocycles. The predicted molar refractivity (Wildman–Crippen MR) is 114 cm³/mol. The maximum atomic E-state index is 13.0. The number of amides is 1. The molecule has 1 atom stereocenters. The van der Waals surface area contributed by atoms with Crippen molar-refractivity contribution in [3.63, 3.8) is 0 Å². The van der Waals surface area contributed by atoms with Gasteiger partial charge in [0.15, 0.2) is 0 Å². The number of hydrogen-bond donors (Lipinski definition) is 1. The highest BCUT2D eigenvalue weighted by molar-refractivity contribution is 7.89. The average Bonchev–Trinajstić information content (AvgIpc) is 2.73. The van der Waals surface area contributed by atoms with Gasteiger partial charge in [0.05, 0.1) is 4.90 Å². The van der Waals surface area contributed by atoms with Gasteiger partial charge in [-0.1, -0.05) is 26.0 Å². The fourth-order valence-electron chi connectivity index (χ4n) is 3.54. The predicted octanol–water partition coefficient (Wildman–Crippen LogP) is 3.94. The smallest absolute Gasteiger partial charge is 0.243 e. The summed E-state index contributed by atoms with van der Waals surface area (Å²) >= 11 is 0. The number of hydrogen-bond acceptors (Lipinski definition) is 4. The van der Waals surface area contributed by atoms with E-state index in [2.05, 4.69) is 24.1 Å². The molecule has 1 saturated heterocycles. The number of aryl methyl sites for hydroxylation is 1. The third-order valence-electron chi connectivity index (χ3n) is 5.69. The largest absolute Gasteiger partial charge is 0.310 e. The maximum Gasteiger partial charge on any atom is 0.243 e. The number of anilines is 1. The van der Waals surface area contributed by atoms with E-state index in [9.17, 15) is 13.2 Å². The summed E-state index contributed by atoms with van der Waals surface area (Å²) < 4.78 is 27.4. The Labute approximate surface area is 173 Å². The number of benzene rings is 1. The number of piperidine rings is 1. The van der Waals surface area contributed by atoms with Crippen LogP contribution in [-0.4, -0.2) is 36.7 Å². The van der Waals surface area contributed by atoms with Crippen LogP contribution < -0.4 is 5.32 Å². The molecular weight excluding hydrogens is 386 g/mol. The fraction of sp³-hybridized carbons (Fsp3) is 0.455. The standard InChI is InChI=1S/C22H29N3O3S/c1-4-17(3)18-5-7-20(8-6-18)29(27,28)25-13-10-19(11-14-25)22(26)24-21-15-16(2)9-12-23-21/h5-9,12,15,17,19H,4,10-11,13-14H2,1-3H3,(H,23,24,26). The van der Waals surface area contributed by atoms with Crippen molar-refractivity contribution in [2.75, 3.05) is 18.4 Å². The van der Waals surface area contributed by atoms with E-state index in [0.29, 0.717) is 42.6 Å². The Morgan fingerprint density at radius 2 is 1.86 bits per heavy atom. The minimum atomic E-state index is -3.54. The van der Waals surface area contributed by atoms with Crippen molar-refractivity contribution in [2.45, 2.75) is 50.8 Å². The van der Waals surface area contributed by atoms with Crippen molar-refractivity contribution in [2.24, 2.45) is 5.92 Å². The Balaban J connectivity index is 1.61. The zero-order chi connectivity index (χ0) is 21.0. The first-order chi connectivity index (χ1) is 13.8. The Morgan fingerprint density at radius 3 is 2.45 bits per heavy atom. The third-order valence-corrected chi connectivity index (χ3v) is 7.60. The molecule has 7 heteroatoms. The van der Waals surface area contributed by atoms with E-state index in [1.54, 1.807) is 18.3 Å². The molecule has 1 aromatic carbocycles. The topological polar surface area (TPSA) is 79.4 Å². The normalized spacial score (nSPS) is 17.1. The van der Waals surface area contributed by atoms with Crippen LogP contribution in [-0.2, 0) is 14.8 Å². The van der Waals surface area contributed by atoms with E-state index in [-0.39, 0.29) is 11.8 Å². The van der Waals surface area contributed by atoms with Gasteiger partial charge in [-0.15, -0.1) is 0 Å². The summed E-state index contributed by atoms with van der Waals surface area (Å²) in [6.45, 7) is 6.87. The quantitative estimate of drug-likeness (QED) is 0.775. The lowest BCUT2D eigenvalue weighted by Gasteiger charge is -2.30. The van der Waals surface area contributed by atoms with Gasteiger partial charge in [-0.2, -0.15) is 4.31 Å². The summed E-state index contributed by atoms with van der Waals surface area (Å²) in [6, 6.07) is 10.9. The van der Waals surface area contributed by atoms with Crippen molar-refractivity contribution in [1.82, 2.24) is 9.29 Å². The number of nitrogens with zero attached hydrogens (tertiary/aromatic N) is 2. The van der Waals surface area contributed by atoms with Crippen LogP contribution in [0.2, 0.25) is 0 Å². The second-order valence-electron chi connectivity index (χ2n) is 7.76. The Morgan fingerprint density at radius 1 is 1.21 bits per heavy atom. The fourth-order valence-corrected chi connectivity index (χ4v) is 5.01. The van der Waals surface area contributed by atoms with Gasteiger partial charge in [-0.25, -0.2) is 13.4 Å². The van der Waals surface area contributed by atoms with Gasteiger partial charge >= 0.3 is 0 Å². The second-order valence-corrected chi connectivity index (χ2v) is 9.70. The molecule has 6 nitrogen and oxygen atoms in total. The van der Waals surface area contributed by atoms with Crippen molar-refractivity contribution < 1.29 is 13.2 Å². The number of carbonyl (C=O) groups excluding carboxylic acids is 1. The molecule has 1 N–H and O–H groups in total. The molecule has 1 amide bonds. The van der Waals surface area contributed by atoms with E-state index in [4.69, 9.17) is 0 Å². The molecule has 1 unspecified atom stereocenters.